The second-order valence-corrected chi connectivity index (χ2v) is 5.08. The highest BCUT2D eigenvalue weighted by atomic mass is 35.5. The normalized spacial score (nSPS) is 13.2. The van der Waals surface area contributed by atoms with Crippen LogP contribution in [0.2, 0.25) is 5.02 Å². The number of carbonyl (C=O) groups is 1. The van der Waals surface area contributed by atoms with Gasteiger partial charge in [-0.15, -0.1) is 0 Å². The van der Waals surface area contributed by atoms with Crippen LogP contribution in [0.15, 0.2) is 36.4 Å². The lowest BCUT2D eigenvalue weighted by Gasteiger charge is -2.21. The van der Waals surface area contributed by atoms with Crippen LogP contribution in [0.4, 0.5) is 0 Å². The van der Waals surface area contributed by atoms with E-state index in [1.165, 1.54) is 0 Å². The van der Waals surface area contributed by atoms with E-state index in [1.807, 2.05) is 12.1 Å². The van der Waals surface area contributed by atoms with Crippen molar-refractivity contribution >= 4 is 17.9 Å². The first kappa shape index (κ1) is 13.9. The summed E-state index contributed by atoms with van der Waals surface area (Å²) < 4.78 is 16.5. The minimum atomic E-state index is 0.224. The van der Waals surface area contributed by atoms with Crippen LogP contribution < -0.4 is 9.47 Å². The van der Waals surface area contributed by atoms with Gasteiger partial charge >= 0.3 is 0 Å². The van der Waals surface area contributed by atoms with Gasteiger partial charge in [0.15, 0.2) is 6.79 Å². The molecule has 3 rings (SSSR count). The van der Waals surface area contributed by atoms with Gasteiger partial charge in [-0.3, -0.25) is 4.79 Å². The van der Waals surface area contributed by atoms with Crippen molar-refractivity contribution in [3.05, 3.63) is 58.1 Å². The third-order valence-electron chi connectivity index (χ3n) is 3.14. The molecule has 108 valence electrons. The number of halogens is 1. The molecule has 5 heteroatoms. The molecule has 0 bridgehead atoms. The summed E-state index contributed by atoms with van der Waals surface area (Å²) in [5.41, 5.74) is 2.34. The topological polar surface area (TPSA) is 44.8 Å². The van der Waals surface area contributed by atoms with Gasteiger partial charge < -0.3 is 14.2 Å². The van der Waals surface area contributed by atoms with Crippen LogP contribution in [0.3, 0.4) is 0 Å². The summed E-state index contributed by atoms with van der Waals surface area (Å²) in [6.45, 7) is 1.01. The molecule has 1 aliphatic rings. The van der Waals surface area contributed by atoms with E-state index in [9.17, 15) is 4.79 Å². The molecule has 1 aliphatic heterocycles. The summed E-state index contributed by atoms with van der Waals surface area (Å²) in [5.74, 6) is 1.39. The smallest absolute Gasteiger partial charge is 0.189 e. The summed E-state index contributed by atoms with van der Waals surface area (Å²) in [4.78, 5) is 10.8. The monoisotopic (exact) mass is 304 g/mol. The van der Waals surface area contributed by atoms with Crippen molar-refractivity contribution in [1.82, 2.24) is 0 Å². The molecule has 0 aromatic heterocycles. The minimum absolute atomic E-state index is 0.224. The first-order valence-corrected chi connectivity index (χ1v) is 6.84. The van der Waals surface area contributed by atoms with Crippen LogP contribution in [0, 0.1) is 0 Å². The molecule has 21 heavy (non-hydrogen) atoms. The highest BCUT2D eigenvalue weighted by Crippen LogP contribution is 2.32. The second kappa shape index (κ2) is 6.16. The summed E-state index contributed by atoms with van der Waals surface area (Å²) in [5, 5.41) is 0.614. The van der Waals surface area contributed by atoms with Crippen LogP contribution >= 0.6 is 11.6 Å². The predicted octanol–water partition coefficient (Wildman–Crippen LogP) is 3.60. The Morgan fingerprint density at radius 1 is 1.29 bits per heavy atom. The zero-order valence-electron chi connectivity index (χ0n) is 11.2. The van der Waals surface area contributed by atoms with E-state index in [-0.39, 0.29) is 6.79 Å². The van der Waals surface area contributed by atoms with E-state index in [1.54, 1.807) is 24.3 Å². The molecule has 0 saturated heterocycles. The fourth-order valence-corrected chi connectivity index (χ4v) is 2.47. The zero-order valence-corrected chi connectivity index (χ0v) is 11.9. The van der Waals surface area contributed by atoms with E-state index in [4.69, 9.17) is 25.8 Å². The van der Waals surface area contributed by atoms with Crippen LogP contribution in [-0.2, 0) is 18.0 Å². The average molecular weight is 305 g/mol. The third-order valence-corrected chi connectivity index (χ3v) is 3.36. The Balaban J connectivity index is 1.81. The van der Waals surface area contributed by atoms with Crippen molar-refractivity contribution in [1.29, 1.82) is 0 Å². The van der Waals surface area contributed by atoms with E-state index >= 15 is 0 Å². The molecule has 0 unspecified atom stereocenters. The lowest BCUT2D eigenvalue weighted by Crippen LogP contribution is -2.14. The van der Waals surface area contributed by atoms with E-state index in [0.717, 1.165) is 23.2 Å². The summed E-state index contributed by atoms with van der Waals surface area (Å²) in [6, 6.07) is 10.6. The molecule has 0 spiro atoms. The highest BCUT2D eigenvalue weighted by Gasteiger charge is 2.16. The molecule has 0 atom stereocenters. The number of ether oxygens (including phenoxy) is 3. The first-order valence-electron chi connectivity index (χ1n) is 6.46. The van der Waals surface area contributed by atoms with Crippen molar-refractivity contribution in [2.45, 2.75) is 13.2 Å². The van der Waals surface area contributed by atoms with Gasteiger partial charge in [-0.05, 0) is 24.3 Å². The van der Waals surface area contributed by atoms with Gasteiger partial charge in [-0.2, -0.15) is 0 Å². The molecule has 0 aliphatic carbocycles. The lowest BCUT2D eigenvalue weighted by atomic mass is 10.1. The van der Waals surface area contributed by atoms with Gasteiger partial charge in [0.2, 0.25) is 0 Å². The van der Waals surface area contributed by atoms with Crippen LogP contribution in [-0.4, -0.2) is 13.1 Å². The van der Waals surface area contributed by atoms with Crippen LogP contribution in [0.25, 0.3) is 0 Å². The number of rotatable bonds is 4. The van der Waals surface area contributed by atoms with Gasteiger partial charge in [-0.1, -0.05) is 23.7 Å². The summed E-state index contributed by atoms with van der Waals surface area (Å²) >= 11 is 6.10. The lowest BCUT2D eigenvalue weighted by molar-refractivity contribution is -0.0175. The molecule has 2 aromatic rings. The fraction of sp³-hybridized carbons (Fsp3) is 0.188. The van der Waals surface area contributed by atoms with Crippen molar-refractivity contribution in [2.24, 2.45) is 0 Å². The SMILES string of the molecule is O=Cc1cccc(OCc2cc(Cl)cc3c2OCOC3)c1. The molecule has 2 aromatic carbocycles. The van der Waals surface area contributed by atoms with E-state index in [2.05, 4.69) is 0 Å². The Kier molecular flexibility index (Phi) is 4.08. The number of benzene rings is 2. The molecule has 1 heterocycles. The van der Waals surface area contributed by atoms with Crippen molar-refractivity contribution in [3.8, 4) is 11.5 Å². The number of carbonyl (C=O) groups excluding carboxylic acids is 1. The molecule has 0 fully saturated rings. The van der Waals surface area contributed by atoms with Gasteiger partial charge in [-0.25, -0.2) is 0 Å². The van der Waals surface area contributed by atoms with Gasteiger partial charge in [0, 0.05) is 21.7 Å². The van der Waals surface area contributed by atoms with Crippen molar-refractivity contribution < 1.29 is 19.0 Å². The Morgan fingerprint density at radius 2 is 2.19 bits per heavy atom. The Hall–Kier alpha value is -2.04. The maximum Gasteiger partial charge on any atom is 0.189 e. The van der Waals surface area contributed by atoms with E-state index < -0.39 is 0 Å². The number of fused-ring (bicyclic) bond motifs is 1. The quantitative estimate of drug-likeness (QED) is 0.810. The van der Waals surface area contributed by atoms with Gasteiger partial charge in [0.05, 0.1) is 6.61 Å². The molecule has 0 N–H and O–H groups in total. The molecule has 0 saturated carbocycles. The molecular formula is C16H13ClO4. The van der Waals surface area contributed by atoms with Crippen molar-refractivity contribution in [2.75, 3.05) is 6.79 Å². The molecular weight excluding hydrogens is 292 g/mol. The Bertz CT molecular complexity index is 669. The predicted molar refractivity (Wildman–Crippen MR) is 77.9 cm³/mol. The molecule has 0 radical (unpaired) electrons. The first-order chi connectivity index (χ1) is 10.3. The van der Waals surface area contributed by atoms with Crippen molar-refractivity contribution in [3.63, 3.8) is 0 Å². The highest BCUT2D eigenvalue weighted by molar-refractivity contribution is 6.30. The Morgan fingerprint density at radius 3 is 3.05 bits per heavy atom. The number of hydrogen-bond donors (Lipinski definition) is 0. The minimum Gasteiger partial charge on any atom is -0.489 e. The number of hydrogen-bond acceptors (Lipinski definition) is 4. The third kappa shape index (κ3) is 3.17. The van der Waals surface area contributed by atoms with Gasteiger partial charge in [0.25, 0.3) is 0 Å². The summed E-state index contributed by atoms with van der Waals surface area (Å²) in [7, 11) is 0. The summed E-state index contributed by atoms with van der Waals surface area (Å²) in [6.07, 6.45) is 0.786. The second-order valence-electron chi connectivity index (χ2n) is 4.64. The molecule has 0 amide bonds. The maximum atomic E-state index is 10.8. The van der Waals surface area contributed by atoms with Gasteiger partial charge in [0.1, 0.15) is 24.4 Å². The van der Waals surface area contributed by atoms with E-state index in [0.29, 0.717) is 29.5 Å². The largest absolute Gasteiger partial charge is 0.489 e. The fourth-order valence-electron chi connectivity index (χ4n) is 2.20. The standard InChI is InChI=1S/C16H13ClO4/c17-14-5-12-8-19-10-21-16(12)13(6-14)9-20-15-3-1-2-11(4-15)7-18/h1-7H,8-10H2. The Labute approximate surface area is 127 Å². The van der Waals surface area contributed by atoms with Crippen LogP contribution in [0.5, 0.6) is 11.5 Å². The number of aldehydes is 1. The maximum absolute atomic E-state index is 10.8. The zero-order chi connectivity index (χ0) is 14.7. The molecule has 4 nitrogen and oxygen atoms in total. The average Bonchev–Trinajstić information content (AvgIpc) is 2.52. The van der Waals surface area contributed by atoms with Crippen LogP contribution in [0.1, 0.15) is 21.5 Å².